The largest absolute Gasteiger partial charge is 0.256 e. The molecule has 0 saturated heterocycles. The fourth-order valence-corrected chi connectivity index (χ4v) is 4.53. The summed E-state index contributed by atoms with van der Waals surface area (Å²) in [5.41, 5.74) is 3.72. The first-order valence-corrected chi connectivity index (χ1v) is 11.4. The van der Waals surface area contributed by atoms with E-state index < -0.39 is 0 Å². The first-order valence-electron chi connectivity index (χ1n) is 11.4. The minimum absolute atomic E-state index is 0.140. The Morgan fingerprint density at radius 1 is 0.893 bits per heavy atom. The number of halogens is 1. The molecule has 2 aromatic rings. The molecule has 1 heterocycles. The van der Waals surface area contributed by atoms with Crippen LogP contribution in [0, 0.1) is 17.7 Å². The second-order valence-electron chi connectivity index (χ2n) is 8.66. The minimum Gasteiger partial charge on any atom is -0.256 e. The fraction of sp³-hybridized carbons (Fsp3) is 0.577. The van der Waals surface area contributed by atoms with Crippen molar-refractivity contribution in [2.24, 2.45) is 11.8 Å². The van der Waals surface area contributed by atoms with Crippen LogP contribution in [-0.4, -0.2) is 4.98 Å². The van der Waals surface area contributed by atoms with E-state index in [1.807, 2.05) is 18.3 Å². The Hall–Kier alpha value is -1.70. The van der Waals surface area contributed by atoms with E-state index in [0.717, 1.165) is 35.9 Å². The lowest BCUT2D eigenvalue weighted by Crippen LogP contribution is -2.14. The maximum absolute atomic E-state index is 14.7. The third kappa shape index (κ3) is 5.90. The Morgan fingerprint density at radius 2 is 1.64 bits per heavy atom. The molecule has 0 bridgehead atoms. The second-order valence-corrected chi connectivity index (χ2v) is 8.66. The van der Waals surface area contributed by atoms with Crippen LogP contribution in [0.25, 0.3) is 11.3 Å². The lowest BCUT2D eigenvalue weighted by Gasteiger charge is -2.27. The van der Waals surface area contributed by atoms with Gasteiger partial charge in [-0.05, 0) is 66.8 Å². The Bertz CT molecular complexity index is 714. The molecule has 0 aliphatic heterocycles. The molecular weight excluding hydrogens is 345 g/mol. The molecule has 0 unspecified atom stereocenters. The van der Waals surface area contributed by atoms with Crippen LogP contribution in [0.2, 0.25) is 0 Å². The first-order chi connectivity index (χ1) is 13.7. The summed E-state index contributed by atoms with van der Waals surface area (Å²) in [6, 6.07) is 9.79. The third-order valence-corrected chi connectivity index (χ3v) is 6.59. The van der Waals surface area contributed by atoms with Gasteiger partial charge in [0.05, 0.1) is 5.69 Å². The summed E-state index contributed by atoms with van der Waals surface area (Å²) in [6.07, 6.45) is 15.6. The maximum Gasteiger partial charge on any atom is 0.132 e. The zero-order chi connectivity index (χ0) is 19.8. The van der Waals surface area contributed by atoms with Crippen molar-refractivity contribution in [3.05, 3.63) is 53.5 Å². The summed E-state index contributed by atoms with van der Waals surface area (Å²) in [5.74, 6) is 1.63. The summed E-state index contributed by atoms with van der Waals surface area (Å²) in [5, 5.41) is 0. The topological polar surface area (TPSA) is 12.9 Å². The molecule has 1 saturated carbocycles. The first kappa shape index (κ1) is 21.0. The zero-order valence-corrected chi connectivity index (χ0v) is 17.7. The highest BCUT2D eigenvalue weighted by molar-refractivity contribution is 5.60. The van der Waals surface area contributed by atoms with Crippen molar-refractivity contribution in [2.75, 3.05) is 0 Å². The molecule has 0 amide bonds. The van der Waals surface area contributed by atoms with Gasteiger partial charge in [-0.2, -0.15) is 0 Å². The molecule has 0 atom stereocenters. The van der Waals surface area contributed by atoms with Crippen molar-refractivity contribution < 1.29 is 4.39 Å². The normalized spacial score (nSPS) is 19.7. The quantitative estimate of drug-likeness (QED) is 0.404. The summed E-state index contributed by atoms with van der Waals surface area (Å²) >= 11 is 0. The van der Waals surface area contributed by atoms with Crippen LogP contribution in [0.15, 0.2) is 36.5 Å². The van der Waals surface area contributed by atoms with Gasteiger partial charge >= 0.3 is 0 Å². The SMILES string of the molecule is CCCCCc1ccc(-c2ccc(CCC3CCC(CC)CC3)cc2F)nc1. The van der Waals surface area contributed by atoms with Crippen molar-refractivity contribution in [2.45, 2.75) is 84.5 Å². The highest BCUT2D eigenvalue weighted by Gasteiger charge is 2.19. The maximum atomic E-state index is 14.7. The number of aromatic nitrogens is 1. The van der Waals surface area contributed by atoms with E-state index in [0.29, 0.717) is 5.56 Å². The zero-order valence-electron chi connectivity index (χ0n) is 17.7. The number of rotatable bonds is 9. The van der Waals surface area contributed by atoms with Gasteiger partial charge in [0.25, 0.3) is 0 Å². The number of aryl methyl sites for hydroxylation is 2. The van der Waals surface area contributed by atoms with E-state index in [2.05, 4.69) is 31.0 Å². The summed E-state index contributed by atoms with van der Waals surface area (Å²) in [6.45, 7) is 4.52. The summed E-state index contributed by atoms with van der Waals surface area (Å²) < 4.78 is 14.7. The third-order valence-electron chi connectivity index (χ3n) is 6.59. The number of hydrogen-bond acceptors (Lipinski definition) is 1. The van der Waals surface area contributed by atoms with Crippen molar-refractivity contribution in [3.8, 4) is 11.3 Å². The Kier molecular flexibility index (Phi) is 8.06. The van der Waals surface area contributed by atoms with Crippen molar-refractivity contribution in [3.63, 3.8) is 0 Å². The number of nitrogens with zero attached hydrogens (tertiary/aromatic N) is 1. The van der Waals surface area contributed by atoms with E-state index in [4.69, 9.17) is 0 Å². The average molecular weight is 382 g/mol. The van der Waals surface area contributed by atoms with Crippen LogP contribution in [0.4, 0.5) is 4.39 Å². The van der Waals surface area contributed by atoms with Gasteiger partial charge in [0, 0.05) is 11.8 Å². The van der Waals surface area contributed by atoms with Crippen LogP contribution in [-0.2, 0) is 12.8 Å². The molecule has 1 aromatic heterocycles. The molecule has 1 aromatic carbocycles. The predicted molar refractivity (Wildman–Crippen MR) is 117 cm³/mol. The van der Waals surface area contributed by atoms with Gasteiger partial charge in [0.15, 0.2) is 0 Å². The predicted octanol–water partition coefficient (Wildman–Crippen LogP) is 7.77. The smallest absolute Gasteiger partial charge is 0.132 e. The van der Waals surface area contributed by atoms with E-state index in [9.17, 15) is 4.39 Å². The molecule has 1 nitrogen and oxygen atoms in total. The van der Waals surface area contributed by atoms with Crippen LogP contribution >= 0.6 is 0 Å². The summed E-state index contributed by atoms with van der Waals surface area (Å²) in [7, 11) is 0. The highest BCUT2D eigenvalue weighted by Crippen LogP contribution is 2.33. The lowest BCUT2D eigenvalue weighted by atomic mass is 9.78. The molecular formula is C26H36FN. The van der Waals surface area contributed by atoms with E-state index in [1.54, 1.807) is 6.07 Å². The lowest BCUT2D eigenvalue weighted by molar-refractivity contribution is 0.259. The highest BCUT2D eigenvalue weighted by atomic mass is 19.1. The molecule has 28 heavy (non-hydrogen) atoms. The molecule has 0 N–H and O–H groups in total. The van der Waals surface area contributed by atoms with E-state index in [-0.39, 0.29) is 5.82 Å². The van der Waals surface area contributed by atoms with Gasteiger partial charge in [0.1, 0.15) is 5.82 Å². The average Bonchev–Trinajstić information content (AvgIpc) is 2.73. The number of pyridine rings is 1. The Morgan fingerprint density at radius 3 is 2.29 bits per heavy atom. The minimum atomic E-state index is -0.140. The van der Waals surface area contributed by atoms with Crippen LogP contribution in [0.3, 0.4) is 0 Å². The molecule has 0 spiro atoms. The molecule has 0 radical (unpaired) electrons. The second kappa shape index (κ2) is 10.7. The monoisotopic (exact) mass is 381 g/mol. The van der Waals surface area contributed by atoms with Crippen LogP contribution in [0.5, 0.6) is 0 Å². The fourth-order valence-electron chi connectivity index (χ4n) is 4.53. The van der Waals surface area contributed by atoms with Crippen molar-refractivity contribution in [1.82, 2.24) is 4.98 Å². The van der Waals surface area contributed by atoms with Gasteiger partial charge in [-0.3, -0.25) is 4.98 Å². The molecule has 1 aliphatic carbocycles. The van der Waals surface area contributed by atoms with Gasteiger partial charge in [-0.25, -0.2) is 4.39 Å². The van der Waals surface area contributed by atoms with Crippen molar-refractivity contribution in [1.29, 1.82) is 0 Å². The van der Waals surface area contributed by atoms with E-state index >= 15 is 0 Å². The van der Waals surface area contributed by atoms with Gasteiger partial charge < -0.3 is 0 Å². The van der Waals surface area contributed by atoms with Crippen LogP contribution < -0.4 is 0 Å². The standard InChI is InChI=1S/C26H36FN/c1-3-5-6-7-23-15-17-26(28-19-23)24-16-14-22(18-25(24)27)13-12-21-10-8-20(4-2)9-11-21/h14-21H,3-13H2,1-2H3. The number of unbranched alkanes of at least 4 members (excludes halogenated alkanes) is 2. The Balaban J connectivity index is 1.55. The van der Waals surface area contributed by atoms with Gasteiger partial charge in [0.2, 0.25) is 0 Å². The summed E-state index contributed by atoms with van der Waals surface area (Å²) in [4.78, 5) is 4.51. The number of benzene rings is 1. The molecule has 1 fully saturated rings. The Labute approximate surface area is 170 Å². The van der Waals surface area contributed by atoms with Gasteiger partial charge in [-0.15, -0.1) is 0 Å². The molecule has 2 heteroatoms. The molecule has 1 aliphatic rings. The van der Waals surface area contributed by atoms with Crippen molar-refractivity contribution >= 4 is 0 Å². The van der Waals surface area contributed by atoms with Crippen LogP contribution in [0.1, 0.15) is 82.8 Å². The van der Waals surface area contributed by atoms with Gasteiger partial charge in [-0.1, -0.05) is 70.9 Å². The van der Waals surface area contributed by atoms with E-state index in [1.165, 1.54) is 63.4 Å². The molecule has 152 valence electrons. The molecule has 3 rings (SSSR count). The number of hydrogen-bond donors (Lipinski definition) is 0.